The second-order valence-electron chi connectivity index (χ2n) is 4.68. The van der Waals surface area contributed by atoms with Crippen molar-refractivity contribution >= 4 is 11.8 Å². The summed E-state index contributed by atoms with van der Waals surface area (Å²) in [5.41, 5.74) is 0. The summed E-state index contributed by atoms with van der Waals surface area (Å²) in [6.07, 6.45) is 3.61. The Balaban J connectivity index is 1.72. The number of rotatable bonds is 5. The lowest BCUT2D eigenvalue weighted by Crippen LogP contribution is -2.52. The van der Waals surface area contributed by atoms with Crippen molar-refractivity contribution in [1.29, 1.82) is 0 Å². The molecule has 0 bridgehead atoms. The summed E-state index contributed by atoms with van der Waals surface area (Å²) in [6.45, 7) is 4.23. The Morgan fingerprint density at radius 3 is 3.16 bits per heavy atom. The molecule has 1 aromatic heterocycles. The molecule has 0 aromatic carbocycles. The van der Waals surface area contributed by atoms with Gasteiger partial charge in [0.05, 0.1) is 19.6 Å². The topological polar surface area (TPSA) is 79.3 Å². The average Bonchev–Trinajstić information content (AvgIpc) is 2.88. The number of aromatic nitrogens is 2. The molecule has 1 saturated heterocycles. The standard InChI is InChI=1S/C12H19N5O2/c1-10(8-17-5-2-3-15-17)14-7-12(19)16-6-4-13-11(18)9-16/h2-3,5,10,14H,4,6-9H2,1H3,(H,13,18)/t10-/m1/s1. The van der Waals surface area contributed by atoms with Crippen molar-refractivity contribution in [3.8, 4) is 0 Å². The highest BCUT2D eigenvalue weighted by Crippen LogP contribution is 1.95. The predicted molar refractivity (Wildman–Crippen MR) is 69.3 cm³/mol. The number of hydrogen-bond acceptors (Lipinski definition) is 4. The minimum absolute atomic E-state index is 0.0397. The van der Waals surface area contributed by atoms with Crippen molar-refractivity contribution in [1.82, 2.24) is 25.3 Å². The maximum absolute atomic E-state index is 11.9. The van der Waals surface area contributed by atoms with E-state index in [1.165, 1.54) is 0 Å². The monoisotopic (exact) mass is 265 g/mol. The molecule has 7 nitrogen and oxygen atoms in total. The first kappa shape index (κ1) is 13.5. The number of hydrogen-bond donors (Lipinski definition) is 2. The lowest BCUT2D eigenvalue weighted by molar-refractivity contribution is -0.137. The lowest BCUT2D eigenvalue weighted by Gasteiger charge is -2.27. The van der Waals surface area contributed by atoms with Gasteiger partial charge in [-0.3, -0.25) is 14.3 Å². The second kappa shape index (κ2) is 6.33. The van der Waals surface area contributed by atoms with Gasteiger partial charge >= 0.3 is 0 Å². The van der Waals surface area contributed by atoms with Crippen LogP contribution < -0.4 is 10.6 Å². The Labute approximate surface area is 111 Å². The van der Waals surface area contributed by atoms with Crippen LogP contribution in [0.1, 0.15) is 6.92 Å². The molecule has 1 atom stereocenters. The highest BCUT2D eigenvalue weighted by molar-refractivity contribution is 5.86. The summed E-state index contributed by atoms with van der Waals surface area (Å²) in [5.74, 6) is -0.133. The van der Waals surface area contributed by atoms with E-state index in [0.29, 0.717) is 19.6 Å². The fraction of sp³-hybridized carbons (Fsp3) is 0.583. The lowest BCUT2D eigenvalue weighted by atomic mass is 10.3. The van der Waals surface area contributed by atoms with Gasteiger partial charge in [-0.1, -0.05) is 0 Å². The Bertz CT molecular complexity index is 431. The van der Waals surface area contributed by atoms with Crippen LogP contribution in [0.4, 0.5) is 0 Å². The van der Waals surface area contributed by atoms with Crippen molar-refractivity contribution < 1.29 is 9.59 Å². The van der Waals surface area contributed by atoms with Crippen LogP contribution in [0.15, 0.2) is 18.5 Å². The Kier molecular flexibility index (Phi) is 4.51. The molecular formula is C12H19N5O2. The Hall–Kier alpha value is -1.89. The maximum atomic E-state index is 11.9. The fourth-order valence-electron chi connectivity index (χ4n) is 1.98. The zero-order valence-electron chi connectivity index (χ0n) is 11.0. The number of amides is 2. The van der Waals surface area contributed by atoms with Gasteiger partial charge in [0.15, 0.2) is 0 Å². The number of nitrogens with zero attached hydrogens (tertiary/aromatic N) is 3. The highest BCUT2D eigenvalue weighted by atomic mass is 16.2. The molecule has 0 radical (unpaired) electrons. The molecular weight excluding hydrogens is 246 g/mol. The first-order chi connectivity index (χ1) is 9.15. The van der Waals surface area contributed by atoms with E-state index < -0.39 is 0 Å². The molecule has 0 spiro atoms. The van der Waals surface area contributed by atoms with Crippen LogP contribution in [-0.4, -0.2) is 58.7 Å². The molecule has 1 fully saturated rings. The van der Waals surface area contributed by atoms with Gasteiger partial charge in [-0.15, -0.1) is 0 Å². The molecule has 1 aliphatic heterocycles. The van der Waals surface area contributed by atoms with Gasteiger partial charge in [0.25, 0.3) is 0 Å². The number of piperazine rings is 1. The van der Waals surface area contributed by atoms with Gasteiger partial charge in [0.1, 0.15) is 0 Å². The van der Waals surface area contributed by atoms with Crippen molar-refractivity contribution in [3.05, 3.63) is 18.5 Å². The van der Waals surface area contributed by atoms with E-state index in [1.54, 1.807) is 11.1 Å². The van der Waals surface area contributed by atoms with Crippen LogP contribution in [0.3, 0.4) is 0 Å². The van der Waals surface area contributed by atoms with Gasteiger partial charge in [0, 0.05) is 31.5 Å². The van der Waals surface area contributed by atoms with Gasteiger partial charge in [0.2, 0.25) is 11.8 Å². The van der Waals surface area contributed by atoms with Crippen LogP contribution >= 0.6 is 0 Å². The van der Waals surface area contributed by atoms with Gasteiger partial charge in [-0.2, -0.15) is 5.10 Å². The molecule has 0 aliphatic carbocycles. The van der Waals surface area contributed by atoms with E-state index in [9.17, 15) is 9.59 Å². The largest absolute Gasteiger partial charge is 0.353 e. The van der Waals surface area contributed by atoms with Gasteiger partial charge in [-0.05, 0) is 13.0 Å². The molecule has 1 aromatic rings. The maximum Gasteiger partial charge on any atom is 0.239 e. The van der Waals surface area contributed by atoms with Crippen molar-refractivity contribution in [2.45, 2.75) is 19.5 Å². The van der Waals surface area contributed by atoms with Gasteiger partial charge in [-0.25, -0.2) is 0 Å². The molecule has 2 rings (SSSR count). The summed E-state index contributed by atoms with van der Waals surface area (Å²) in [5, 5.41) is 9.96. The Morgan fingerprint density at radius 1 is 1.63 bits per heavy atom. The summed E-state index contributed by atoms with van der Waals surface area (Å²) in [7, 11) is 0. The minimum Gasteiger partial charge on any atom is -0.353 e. The zero-order valence-corrected chi connectivity index (χ0v) is 11.0. The molecule has 1 aliphatic rings. The molecule has 7 heteroatoms. The number of nitrogens with one attached hydrogen (secondary N) is 2. The van der Waals surface area contributed by atoms with E-state index in [-0.39, 0.29) is 30.9 Å². The van der Waals surface area contributed by atoms with E-state index in [1.807, 2.05) is 23.9 Å². The third kappa shape index (κ3) is 4.06. The van der Waals surface area contributed by atoms with Crippen molar-refractivity contribution in [2.75, 3.05) is 26.2 Å². The highest BCUT2D eigenvalue weighted by Gasteiger charge is 2.20. The molecule has 104 valence electrons. The molecule has 19 heavy (non-hydrogen) atoms. The quantitative estimate of drug-likeness (QED) is 0.702. The zero-order chi connectivity index (χ0) is 13.7. The summed E-state index contributed by atoms with van der Waals surface area (Å²) in [4.78, 5) is 24.7. The van der Waals surface area contributed by atoms with Crippen LogP contribution in [0.5, 0.6) is 0 Å². The van der Waals surface area contributed by atoms with E-state index in [2.05, 4.69) is 15.7 Å². The molecule has 0 unspecified atom stereocenters. The first-order valence-electron chi connectivity index (χ1n) is 6.40. The van der Waals surface area contributed by atoms with Crippen molar-refractivity contribution in [2.24, 2.45) is 0 Å². The van der Waals surface area contributed by atoms with E-state index in [4.69, 9.17) is 0 Å². The third-order valence-electron chi connectivity index (χ3n) is 3.01. The average molecular weight is 265 g/mol. The van der Waals surface area contributed by atoms with Gasteiger partial charge < -0.3 is 15.5 Å². The number of carbonyl (C=O) groups excluding carboxylic acids is 2. The summed E-state index contributed by atoms with van der Waals surface area (Å²) >= 11 is 0. The van der Waals surface area contributed by atoms with E-state index >= 15 is 0 Å². The fourth-order valence-corrected chi connectivity index (χ4v) is 1.98. The second-order valence-corrected chi connectivity index (χ2v) is 4.68. The van der Waals surface area contributed by atoms with Crippen LogP contribution in [0.25, 0.3) is 0 Å². The number of carbonyl (C=O) groups is 2. The predicted octanol–water partition coefficient (Wildman–Crippen LogP) is -1.18. The van der Waals surface area contributed by atoms with Crippen LogP contribution in [0.2, 0.25) is 0 Å². The molecule has 2 N–H and O–H groups in total. The normalized spacial score (nSPS) is 17.1. The van der Waals surface area contributed by atoms with Crippen molar-refractivity contribution in [3.63, 3.8) is 0 Å². The molecule has 2 heterocycles. The summed E-state index contributed by atoms with van der Waals surface area (Å²) in [6, 6.07) is 2.01. The minimum atomic E-state index is -0.0933. The van der Waals surface area contributed by atoms with E-state index in [0.717, 1.165) is 0 Å². The SMILES string of the molecule is C[C@H](Cn1cccn1)NCC(=O)N1CCNC(=O)C1. The molecule has 0 saturated carbocycles. The first-order valence-corrected chi connectivity index (χ1v) is 6.40. The smallest absolute Gasteiger partial charge is 0.239 e. The third-order valence-corrected chi connectivity index (χ3v) is 3.01. The van der Waals surface area contributed by atoms with Crippen LogP contribution in [-0.2, 0) is 16.1 Å². The summed E-state index contributed by atoms with van der Waals surface area (Å²) < 4.78 is 1.82. The van der Waals surface area contributed by atoms with Crippen LogP contribution in [0, 0.1) is 0 Å². The Morgan fingerprint density at radius 2 is 2.47 bits per heavy atom. The molecule has 2 amide bonds.